The monoisotopic (exact) mass is 265 g/mol. The van der Waals surface area contributed by atoms with Crippen LogP contribution in [0.1, 0.15) is 33.3 Å². The zero-order valence-corrected chi connectivity index (χ0v) is 11.6. The summed E-state index contributed by atoms with van der Waals surface area (Å²) < 4.78 is 24.9. The van der Waals surface area contributed by atoms with Gasteiger partial charge in [0.05, 0.1) is 11.2 Å². The van der Waals surface area contributed by atoms with Crippen LogP contribution in [0.5, 0.6) is 0 Å². The predicted octanol–water partition coefficient (Wildman–Crippen LogP) is 1.26. The summed E-state index contributed by atoms with van der Waals surface area (Å²) in [6.07, 6.45) is 2.21. The fourth-order valence-corrected chi connectivity index (χ4v) is 1.93. The van der Waals surface area contributed by atoms with Gasteiger partial charge < -0.3 is 14.1 Å². The molecular weight excluding hydrogens is 248 g/mol. The van der Waals surface area contributed by atoms with Crippen molar-refractivity contribution in [1.29, 1.82) is 0 Å². The van der Waals surface area contributed by atoms with Gasteiger partial charge in [-0.25, -0.2) is 4.98 Å². The number of aromatic nitrogens is 1. The molecular formula is C13H17BFNO3. The summed E-state index contributed by atoms with van der Waals surface area (Å²) in [5, 5.41) is 0. The molecule has 19 heavy (non-hydrogen) atoms. The van der Waals surface area contributed by atoms with Crippen LogP contribution in [0.25, 0.3) is 0 Å². The highest BCUT2D eigenvalue weighted by molar-refractivity contribution is 6.62. The third-order valence-electron chi connectivity index (χ3n) is 3.80. The number of pyridine rings is 1. The second-order valence-corrected chi connectivity index (χ2v) is 5.66. The van der Waals surface area contributed by atoms with Gasteiger partial charge in [0.1, 0.15) is 6.29 Å². The van der Waals surface area contributed by atoms with Gasteiger partial charge >= 0.3 is 7.12 Å². The summed E-state index contributed by atoms with van der Waals surface area (Å²) in [6, 6.07) is 1.24. The number of aldehydes is 1. The molecule has 1 saturated heterocycles. The number of carbonyl (C=O) groups excluding carboxylic acids is 1. The van der Waals surface area contributed by atoms with Crippen molar-refractivity contribution in [2.75, 3.05) is 0 Å². The quantitative estimate of drug-likeness (QED) is 0.469. The Bertz CT molecular complexity index is 489. The molecule has 0 spiro atoms. The number of hydrogen-bond donors (Lipinski definition) is 0. The summed E-state index contributed by atoms with van der Waals surface area (Å²) >= 11 is 0. The number of hydrogen-bond acceptors (Lipinski definition) is 4. The van der Waals surface area contributed by atoms with Crippen molar-refractivity contribution in [3.05, 3.63) is 23.8 Å². The average molecular weight is 265 g/mol. The van der Waals surface area contributed by atoms with Crippen molar-refractivity contribution in [3.63, 3.8) is 0 Å². The molecule has 1 aliphatic heterocycles. The fourth-order valence-electron chi connectivity index (χ4n) is 1.93. The maximum atomic E-state index is 13.2. The molecule has 1 aromatic heterocycles. The maximum Gasteiger partial charge on any atom is 0.496 e. The van der Waals surface area contributed by atoms with E-state index in [2.05, 4.69) is 4.98 Å². The van der Waals surface area contributed by atoms with Gasteiger partial charge in [0.25, 0.3) is 0 Å². The zero-order valence-electron chi connectivity index (χ0n) is 11.6. The maximum absolute atomic E-state index is 13.2. The van der Waals surface area contributed by atoms with Crippen LogP contribution in [0.4, 0.5) is 4.39 Å². The molecule has 0 bridgehead atoms. The normalized spacial score (nSPS) is 20.6. The molecule has 6 heteroatoms. The number of rotatable bonds is 3. The lowest BCUT2D eigenvalue weighted by Crippen LogP contribution is -2.41. The lowest BCUT2D eigenvalue weighted by Gasteiger charge is -2.32. The smallest absolute Gasteiger partial charge is 0.399 e. The predicted molar refractivity (Wildman–Crippen MR) is 69.7 cm³/mol. The molecule has 0 aliphatic carbocycles. The summed E-state index contributed by atoms with van der Waals surface area (Å²) in [6.45, 7) is 7.74. The minimum absolute atomic E-state index is 0.110. The van der Waals surface area contributed by atoms with Gasteiger partial charge in [-0.3, -0.25) is 0 Å². The second-order valence-electron chi connectivity index (χ2n) is 5.66. The standard InChI is InChI=1S/C13H17BFNO3/c1-12(2)13(3,4)19-14(18-12)10-8-16-11(15)7-9(10)5-6-17/h6-8H,5H2,1-4H3. The first-order chi connectivity index (χ1) is 8.77. The van der Waals surface area contributed by atoms with Crippen molar-refractivity contribution in [2.45, 2.75) is 45.3 Å². The highest BCUT2D eigenvalue weighted by atomic mass is 19.1. The van der Waals surface area contributed by atoms with Crippen LogP contribution in [0.15, 0.2) is 12.3 Å². The topological polar surface area (TPSA) is 48.4 Å². The number of nitrogens with zero attached hydrogens (tertiary/aromatic N) is 1. The van der Waals surface area contributed by atoms with Gasteiger partial charge in [0.2, 0.25) is 5.95 Å². The van der Waals surface area contributed by atoms with E-state index in [1.807, 2.05) is 27.7 Å². The Morgan fingerprint density at radius 1 is 1.32 bits per heavy atom. The van der Waals surface area contributed by atoms with E-state index in [9.17, 15) is 9.18 Å². The zero-order chi connectivity index (χ0) is 14.3. The SMILES string of the molecule is CC1(C)OB(c2cnc(F)cc2CC=O)OC1(C)C. The molecule has 2 rings (SSSR count). The Morgan fingerprint density at radius 3 is 2.42 bits per heavy atom. The third-order valence-corrected chi connectivity index (χ3v) is 3.80. The van der Waals surface area contributed by atoms with Crippen molar-refractivity contribution < 1.29 is 18.5 Å². The van der Waals surface area contributed by atoms with E-state index in [0.717, 1.165) is 6.29 Å². The summed E-state index contributed by atoms with van der Waals surface area (Å²) in [5.41, 5.74) is 0.183. The van der Waals surface area contributed by atoms with E-state index in [-0.39, 0.29) is 6.42 Å². The fraction of sp³-hybridized carbons (Fsp3) is 0.538. The van der Waals surface area contributed by atoms with Crippen molar-refractivity contribution in [3.8, 4) is 0 Å². The van der Waals surface area contributed by atoms with Crippen LogP contribution in [0.2, 0.25) is 0 Å². The van der Waals surface area contributed by atoms with E-state index in [1.54, 1.807) is 0 Å². The Balaban J connectivity index is 2.36. The van der Waals surface area contributed by atoms with E-state index < -0.39 is 24.3 Å². The number of carbonyl (C=O) groups is 1. The molecule has 0 saturated carbocycles. The molecule has 0 N–H and O–H groups in total. The Hall–Kier alpha value is -1.27. The lowest BCUT2D eigenvalue weighted by atomic mass is 9.76. The lowest BCUT2D eigenvalue weighted by molar-refractivity contribution is -0.107. The molecule has 102 valence electrons. The van der Waals surface area contributed by atoms with Gasteiger partial charge in [0.15, 0.2) is 0 Å². The molecule has 0 amide bonds. The molecule has 2 heterocycles. The summed E-state index contributed by atoms with van der Waals surface area (Å²) in [4.78, 5) is 14.3. The van der Waals surface area contributed by atoms with Gasteiger partial charge in [-0.05, 0) is 39.3 Å². The molecule has 4 nitrogen and oxygen atoms in total. The highest BCUT2D eigenvalue weighted by Crippen LogP contribution is 2.36. The minimum atomic E-state index is -0.631. The van der Waals surface area contributed by atoms with E-state index in [1.165, 1.54) is 12.3 Å². The Kier molecular flexibility index (Phi) is 3.49. The highest BCUT2D eigenvalue weighted by Gasteiger charge is 2.52. The molecule has 0 radical (unpaired) electrons. The average Bonchev–Trinajstić information content (AvgIpc) is 2.48. The van der Waals surface area contributed by atoms with Crippen LogP contribution >= 0.6 is 0 Å². The van der Waals surface area contributed by atoms with E-state index in [0.29, 0.717) is 11.0 Å². The molecule has 1 aromatic rings. The van der Waals surface area contributed by atoms with E-state index in [4.69, 9.17) is 9.31 Å². The first-order valence-corrected chi connectivity index (χ1v) is 6.20. The molecule has 0 aromatic carbocycles. The first-order valence-electron chi connectivity index (χ1n) is 6.20. The van der Waals surface area contributed by atoms with Gasteiger partial charge in [-0.15, -0.1) is 0 Å². The van der Waals surface area contributed by atoms with Crippen LogP contribution in [0.3, 0.4) is 0 Å². The van der Waals surface area contributed by atoms with Crippen molar-refractivity contribution in [1.82, 2.24) is 4.98 Å². The van der Waals surface area contributed by atoms with Crippen molar-refractivity contribution in [2.24, 2.45) is 0 Å². The number of halogens is 1. The Morgan fingerprint density at radius 2 is 1.89 bits per heavy atom. The van der Waals surface area contributed by atoms with Crippen LogP contribution in [0, 0.1) is 5.95 Å². The molecule has 0 atom stereocenters. The van der Waals surface area contributed by atoms with E-state index >= 15 is 0 Å². The van der Waals surface area contributed by atoms with Gasteiger partial charge in [-0.2, -0.15) is 4.39 Å². The van der Waals surface area contributed by atoms with Crippen LogP contribution < -0.4 is 5.46 Å². The van der Waals surface area contributed by atoms with Gasteiger partial charge in [0, 0.05) is 18.1 Å². The first kappa shape index (κ1) is 14.2. The van der Waals surface area contributed by atoms with Crippen LogP contribution in [-0.4, -0.2) is 29.6 Å². The molecule has 1 fully saturated rings. The largest absolute Gasteiger partial charge is 0.496 e. The molecule has 1 aliphatic rings. The second kappa shape index (κ2) is 4.69. The van der Waals surface area contributed by atoms with Crippen molar-refractivity contribution >= 4 is 18.9 Å². The van der Waals surface area contributed by atoms with Crippen LogP contribution in [-0.2, 0) is 20.5 Å². The summed E-state index contributed by atoms with van der Waals surface area (Å²) in [5.74, 6) is -0.614. The third kappa shape index (κ3) is 2.55. The van der Waals surface area contributed by atoms with Gasteiger partial charge in [-0.1, -0.05) is 0 Å². The minimum Gasteiger partial charge on any atom is -0.399 e. The Labute approximate surface area is 112 Å². The summed E-state index contributed by atoms with van der Waals surface area (Å²) in [7, 11) is -0.631. The molecule has 0 unspecified atom stereocenters.